The number of aryl methyl sites for hydroxylation is 1. The van der Waals surface area contributed by atoms with Gasteiger partial charge in [0.1, 0.15) is 5.78 Å². The smallest absolute Gasteiger partial charge is 0.137 e. The second-order valence-corrected chi connectivity index (χ2v) is 4.60. The Morgan fingerprint density at radius 2 is 2.12 bits per heavy atom. The van der Waals surface area contributed by atoms with Gasteiger partial charge in [-0.1, -0.05) is 6.92 Å². The third-order valence-corrected chi connectivity index (χ3v) is 3.24. The molecular weight excluding hydrogens is 212 g/mol. The Balaban J connectivity index is 3.11. The normalized spacial score (nSPS) is 15.7. The molecule has 0 fully saturated rings. The number of hydrogen-bond donors (Lipinski definition) is 0. The Kier molecular flexibility index (Phi) is 4.39. The fourth-order valence-corrected chi connectivity index (χ4v) is 2.08. The van der Waals surface area contributed by atoms with Gasteiger partial charge in [-0.25, -0.2) is 0 Å². The highest BCUT2D eigenvalue weighted by Gasteiger charge is 2.28. The molecule has 0 radical (unpaired) electrons. The molecule has 0 aliphatic rings. The van der Waals surface area contributed by atoms with Crippen LogP contribution >= 0.6 is 0 Å². The molecular formula is C14H18N2O. The van der Waals surface area contributed by atoms with Crippen LogP contribution in [0.3, 0.4) is 0 Å². The van der Waals surface area contributed by atoms with Crippen LogP contribution in [0.15, 0.2) is 18.3 Å². The minimum Gasteiger partial charge on any atom is -0.299 e. The van der Waals surface area contributed by atoms with Crippen molar-refractivity contribution in [3.8, 4) is 6.07 Å². The first-order valence-electron chi connectivity index (χ1n) is 5.80. The highest BCUT2D eigenvalue weighted by atomic mass is 16.1. The van der Waals surface area contributed by atoms with Crippen molar-refractivity contribution in [2.24, 2.45) is 11.8 Å². The number of carbonyl (C=O) groups is 1. The molecule has 0 spiro atoms. The number of nitrogens with zero attached hydrogens (tertiary/aromatic N) is 2. The summed E-state index contributed by atoms with van der Waals surface area (Å²) >= 11 is 0. The summed E-state index contributed by atoms with van der Waals surface area (Å²) in [6.45, 7) is 7.30. The molecule has 0 bridgehead atoms. The van der Waals surface area contributed by atoms with Crippen molar-refractivity contribution in [2.45, 2.75) is 33.6 Å². The summed E-state index contributed by atoms with van der Waals surface area (Å²) < 4.78 is 0. The maximum Gasteiger partial charge on any atom is 0.137 e. The van der Waals surface area contributed by atoms with E-state index in [9.17, 15) is 4.79 Å². The molecule has 0 amide bonds. The van der Waals surface area contributed by atoms with Gasteiger partial charge in [-0.3, -0.25) is 9.78 Å². The molecule has 0 saturated carbocycles. The quantitative estimate of drug-likeness (QED) is 0.799. The van der Waals surface area contributed by atoms with E-state index in [0.29, 0.717) is 0 Å². The van der Waals surface area contributed by atoms with Crippen LogP contribution in [0.5, 0.6) is 0 Å². The lowest BCUT2D eigenvalue weighted by molar-refractivity contribution is -0.119. The molecule has 0 N–H and O–H groups in total. The van der Waals surface area contributed by atoms with Crippen molar-refractivity contribution in [1.29, 1.82) is 5.26 Å². The van der Waals surface area contributed by atoms with Gasteiger partial charge in [0, 0.05) is 23.7 Å². The molecule has 0 aliphatic heterocycles. The highest BCUT2D eigenvalue weighted by Crippen LogP contribution is 2.30. The molecule has 0 aliphatic carbocycles. The lowest BCUT2D eigenvalue weighted by Crippen LogP contribution is -2.22. The molecule has 0 saturated heterocycles. The van der Waals surface area contributed by atoms with Crippen LogP contribution in [0, 0.1) is 30.1 Å². The van der Waals surface area contributed by atoms with Gasteiger partial charge in [0.05, 0.1) is 6.07 Å². The van der Waals surface area contributed by atoms with E-state index < -0.39 is 0 Å². The van der Waals surface area contributed by atoms with Crippen LogP contribution in [-0.4, -0.2) is 10.8 Å². The summed E-state index contributed by atoms with van der Waals surface area (Å²) in [4.78, 5) is 15.9. The number of nitriles is 1. The van der Waals surface area contributed by atoms with Crippen LogP contribution in [0.4, 0.5) is 0 Å². The summed E-state index contributed by atoms with van der Waals surface area (Å²) in [6.07, 6.45) is 1.71. The first kappa shape index (κ1) is 13.4. The molecule has 1 aromatic heterocycles. The molecule has 3 heteroatoms. The van der Waals surface area contributed by atoms with E-state index in [2.05, 4.69) is 11.1 Å². The molecule has 17 heavy (non-hydrogen) atoms. The number of rotatable bonds is 4. The van der Waals surface area contributed by atoms with E-state index >= 15 is 0 Å². The van der Waals surface area contributed by atoms with Gasteiger partial charge < -0.3 is 0 Å². The summed E-state index contributed by atoms with van der Waals surface area (Å²) in [6, 6.07) is 6.00. The van der Waals surface area contributed by atoms with Gasteiger partial charge in [0.2, 0.25) is 0 Å². The largest absolute Gasteiger partial charge is 0.299 e. The number of ketones is 1. The fraction of sp³-hybridized carbons (Fsp3) is 0.500. The Labute approximate surface area is 102 Å². The minimum absolute atomic E-state index is 0.0132. The van der Waals surface area contributed by atoms with Crippen molar-refractivity contribution in [3.05, 3.63) is 29.6 Å². The summed E-state index contributed by atoms with van der Waals surface area (Å²) in [5.74, 6) is -0.242. The van der Waals surface area contributed by atoms with Crippen LogP contribution < -0.4 is 0 Å². The first-order chi connectivity index (χ1) is 7.97. The van der Waals surface area contributed by atoms with E-state index in [0.717, 1.165) is 11.3 Å². The van der Waals surface area contributed by atoms with Crippen molar-refractivity contribution >= 4 is 5.78 Å². The number of hydrogen-bond acceptors (Lipinski definition) is 3. The van der Waals surface area contributed by atoms with Gasteiger partial charge in [0.25, 0.3) is 0 Å². The van der Waals surface area contributed by atoms with E-state index in [-0.39, 0.29) is 23.5 Å². The van der Waals surface area contributed by atoms with Gasteiger partial charge in [-0.15, -0.1) is 0 Å². The lowest BCUT2D eigenvalue weighted by atomic mass is 9.78. The molecule has 1 heterocycles. The highest BCUT2D eigenvalue weighted by molar-refractivity contribution is 5.83. The third kappa shape index (κ3) is 3.13. The first-order valence-corrected chi connectivity index (χ1v) is 5.80. The standard InChI is InChI=1S/C14H18N2O/c1-9(8-15)11(3)14(12(4)17)13-5-6-16-10(2)7-13/h5-7,9,11,14H,1-4H3. The van der Waals surface area contributed by atoms with Gasteiger partial charge in [0.15, 0.2) is 0 Å². The molecule has 3 unspecified atom stereocenters. The number of Topliss-reactive ketones (excluding diaryl/α,β-unsaturated/α-hetero) is 1. The van der Waals surface area contributed by atoms with Crippen LogP contribution in [0.2, 0.25) is 0 Å². The molecule has 1 rings (SSSR count). The van der Waals surface area contributed by atoms with Crippen molar-refractivity contribution < 1.29 is 4.79 Å². The number of pyridine rings is 1. The molecule has 90 valence electrons. The maximum atomic E-state index is 11.8. The zero-order valence-corrected chi connectivity index (χ0v) is 10.8. The van der Waals surface area contributed by atoms with E-state index in [1.807, 2.05) is 32.9 Å². The zero-order chi connectivity index (χ0) is 13.0. The second-order valence-electron chi connectivity index (χ2n) is 4.60. The topological polar surface area (TPSA) is 53.8 Å². The van der Waals surface area contributed by atoms with Crippen molar-refractivity contribution in [2.75, 3.05) is 0 Å². The van der Waals surface area contributed by atoms with Gasteiger partial charge in [-0.05, 0) is 44.4 Å². The SMILES string of the molecule is CC(=O)C(c1ccnc(C)c1)C(C)C(C)C#N. The van der Waals surface area contributed by atoms with Gasteiger partial charge in [-0.2, -0.15) is 5.26 Å². The third-order valence-electron chi connectivity index (χ3n) is 3.24. The zero-order valence-electron chi connectivity index (χ0n) is 10.8. The van der Waals surface area contributed by atoms with Crippen LogP contribution in [0.25, 0.3) is 0 Å². The van der Waals surface area contributed by atoms with Crippen molar-refractivity contribution in [1.82, 2.24) is 4.98 Å². The Morgan fingerprint density at radius 3 is 2.59 bits per heavy atom. The number of aromatic nitrogens is 1. The number of carbonyl (C=O) groups excluding carboxylic acids is 1. The Hall–Kier alpha value is -1.69. The minimum atomic E-state index is -0.216. The fourth-order valence-electron chi connectivity index (χ4n) is 2.08. The van der Waals surface area contributed by atoms with Crippen LogP contribution in [0.1, 0.15) is 37.9 Å². The van der Waals surface area contributed by atoms with Gasteiger partial charge >= 0.3 is 0 Å². The van der Waals surface area contributed by atoms with E-state index in [1.165, 1.54) is 0 Å². The van der Waals surface area contributed by atoms with E-state index in [1.54, 1.807) is 13.1 Å². The average molecular weight is 230 g/mol. The Morgan fingerprint density at radius 1 is 1.47 bits per heavy atom. The summed E-state index contributed by atoms with van der Waals surface area (Å²) in [7, 11) is 0. The molecule has 0 aromatic carbocycles. The summed E-state index contributed by atoms with van der Waals surface area (Å²) in [5, 5.41) is 8.96. The monoisotopic (exact) mass is 230 g/mol. The predicted octanol–water partition coefficient (Wildman–Crippen LogP) is 2.86. The molecule has 1 aromatic rings. The lowest BCUT2D eigenvalue weighted by Gasteiger charge is -2.23. The maximum absolute atomic E-state index is 11.8. The summed E-state index contributed by atoms with van der Waals surface area (Å²) in [5.41, 5.74) is 1.85. The molecule has 3 atom stereocenters. The van der Waals surface area contributed by atoms with Crippen LogP contribution in [-0.2, 0) is 4.79 Å². The Bertz CT molecular complexity index is 448. The molecule has 3 nitrogen and oxygen atoms in total. The van der Waals surface area contributed by atoms with E-state index in [4.69, 9.17) is 5.26 Å². The second kappa shape index (κ2) is 5.58. The average Bonchev–Trinajstić information content (AvgIpc) is 2.27. The van der Waals surface area contributed by atoms with Crippen molar-refractivity contribution in [3.63, 3.8) is 0 Å². The predicted molar refractivity (Wildman–Crippen MR) is 66.3 cm³/mol.